The number of rotatable bonds is 4. The van der Waals surface area contributed by atoms with Gasteiger partial charge in [0.25, 0.3) is 0 Å². The van der Waals surface area contributed by atoms with Crippen LogP contribution in [0.15, 0.2) is 4.99 Å². The smallest absolute Gasteiger partial charge is 0.434 e. The predicted molar refractivity (Wildman–Crippen MR) is 62.9 cm³/mol. The van der Waals surface area contributed by atoms with Crippen LogP contribution in [0.5, 0.6) is 0 Å². The molecule has 0 bridgehead atoms. The maximum Gasteiger partial charge on any atom is 0.434 e. The van der Waals surface area contributed by atoms with Crippen LogP contribution in [0.1, 0.15) is 34.6 Å². The minimum Gasteiger partial charge on any atom is -0.442 e. The number of ether oxygens (including phenoxy) is 1. The van der Waals surface area contributed by atoms with Crippen molar-refractivity contribution in [1.29, 1.82) is 0 Å². The number of amides is 1. The molecule has 92 valence electrons. The molecule has 5 nitrogen and oxygen atoms in total. The highest BCUT2D eigenvalue weighted by Gasteiger charge is 2.15. The number of aliphatic imine (C=N–C) groups is 1. The molecule has 0 saturated heterocycles. The molecule has 0 radical (unpaired) electrons. The van der Waals surface area contributed by atoms with Crippen LogP contribution in [0.2, 0.25) is 0 Å². The predicted octanol–water partition coefficient (Wildman–Crippen LogP) is 1.56. The van der Waals surface area contributed by atoms with Gasteiger partial charge in [-0.15, -0.1) is 0 Å². The van der Waals surface area contributed by atoms with Crippen molar-refractivity contribution in [2.45, 2.75) is 40.2 Å². The van der Waals surface area contributed by atoms with Gasteiger partial charge >= 0.3 is 6.09 Å². The van der Waals surface area contributed by atoms with Gasteiger partial charge in [0.05, 0.1) is 6.54 Å². The van der Waals surface area contributed by atoms with E-state index in [4.69, 9.17) is 4.74 Å². The first-order valence-corrected chi connectivity index (χ1v) is 5.18. The third-order valence-corrected chi connectivity index (χ3v) is 1.43. The van der Waals surface area contributed by atoms with Crippen LogP contribution in [-0.4, -0.2) is 36.3 Å². The van der Waals surface area contributed by atoms with Gasteiger partial charge in [-0.3, -0.25) is 4.79 Å². The second kappa shape index (κ2) is 6.37. The molecule has 1 amide bonds. The fourth-order valence-corrected chi connectivity index (χ4v) is 0.900. The number of ketones is 1. The van der Waals surface area contributed by atoms with Crippen molar-refractivity contribution in [3.8, 4) is 0 Å². The molecular weight excluding hydrogens is 208 g/mol. The largest absolute Gasteiger partial charge is 0.442 e. The first kappa shape index (κ1) is 14.8. The molecule has 0 heterocycles. The van der Waals surface area contributed by atoms with Crippen LogP contribution in [0.25, 0.3) is 0 Å². The topological polar surface area (TPSA) is 67.8 Å². The van der Waals surface area contributed by atoms with E-state index in [9.17, 15) is 9.59 Å². The molecule has 0 aromatic carbocycles. The maximum absolute atomic E-state index is 11.3. The molecule has 0 spiro atoms. The minimum atomic E-state index is -0.602. The van der Waals surface area contributed by atoms with Crippen molar-refractivity contribution in [1.82, 2.24) is 5.32 Å². The number of carbonyl (C=O) groups excluding carboxylic acids is 2. The Bertz CT molecular complexity index is 290. The Morgan fingerprint density at radius 2 is 1.75 bits per heavy atom. The van der Waals surface area contributed by atoms with Crippen molar-refractivity contribution >= 4 is 17.6 Å². The molecule has 0 atom stereocenters. The number of hydrogen-bond acceptors (Lipinski definition) is 4. The molecule has 16 heavy (non-hydrogen) atoms. The highest BCUT2D eigenvalue weighted by atomic mass is 16.6. The van der Waals surface area contributed by atoms with Crippen LogP contribution in [0.4, 0.5) is 4.79 Å². The maximum atomic E-state index is 11.3. The van der Waals surface area contributed by atoms with E-state index >= 15 is 0 Å². The Labute approximate surface area is 96.3 Å². The highest BCUT2D eigenvalue weighted by molar-refractivity contribution is 5.93. The van der Waals surface area contributed by atoms with Crippen molar-refractivity contribution in [3.05, 3.63) is 0 Å². The van der Waals surface area contributed by atoms with Crippen LogP contribution < -0.4 is 5.32 Å². The third-order valence-electron chi connectivity index (χ3n) is 1.43. The molecule has 0 rings (SSSR count). The van der Waals surface area contributed by atoms with E-state index in [0.717, 1.165) is 0 Å². The number of hydrogen-bond donors (Lipinski definition) is 1. The van der Waals surface area contributed by atoms with Gasteiger partial charge in [0, 0.05) is 12.3 Å². The number of nitrogens with one attached hydrogen (secondary N) is 1. The normalized spacial score (nSPS) is 12.4. The zero-order chi connectivity index (χ0) is 12.8. The Kier molecular flexibility index (Phi) is 5.88. The molecular formula is C11H20N2O3. The first-order valence-electron chi connectivity index (χ1n) is 5.18. The van der Waals surface area contributed by atoms with E-state index in [-0.39, 0.29) is 12.3 Å². The second-order valence-electron chi connectivity index (χ2n) is 4.63. The van der Waals surface area contributed by atoms with Gasteiger partial charge in [-0.05, 0) is 34.6 Å². The SMILES string of the molecule is CC(=O)CNCC(C)=NC(=O)OC(C)(C)C. The lowest BCUT2D eigenvalue weighted by Crippen LogP contribution is -2.27. The van der Waals surface area contributed by atoms with E-state index in [1.165, 1.54) is 6.92 Å². The second-order valence-corrected chi connectivity index (χ2v) is 4.63. The summed E-state index contributed by atoms with van der Waals surface area (Å²) in [5.74, 6) is 0.0464. The molecule has 1 N–H and O–H groups in total. The minimum absolute atomic E-state index is 0.0464. The number of Topliss-reactive ketones (excluding diaryl/α,β-unsaturated/α-hetero) is 1. The van der Waals surface area contributed by atoms with Gasteiger partial charge < -0.3 is 10.1 Å². The van der Waals surface area contributed by atoms with E-state index in [1.54, 1.807) is 27.7 Å². The summed E-state index contributed by atoms with van der Waals surface area (Å²) in [4.78, 5) is 25.6. The Morgan fingerprint density at radius 1 is 1.19 bits per heavy atom. The molecule has 5 heteroatoms. The third kappa shape index (κ3) is 9.33. The average Bonchev–Trinajstić information content (AvgIpc) is 1.98. The fourth-order valence-electron chi connectivity index (χ4n) is 0.900. The van der Waals surface area contributed by atoms with Gasteiger partial charge in [0.15, 0.2) is 0 Å². The van der Waals surface area contributed by atoms with Crippen molar-refractivity contribution in [2.75, 3.05) is 13.1 Å². The van der Waals surface area contributed by atoms with Gasteiger partial charge in [0.1, 0.15) is 11.4 Å². The Balaban J connectivity index is 4.02. The molecule has 0 aliphatic rings. The van der Waals surface area contributed by atoms with Gasteiger partial charge in [0.2, 0.25) is 0 Å². The zero-order valence-corrected chi connectivity index (χ0v) is 10.6. The summed E-state index contributed by atoms with van der Waals surface area (Å²) in [6.45, 7) is 9.22. The summed E-state index contributed by atoms with van der Waals surface area (Å²) in [7, 11) is 0. The summed E-state index contributed by atoms with van der Waals surface area (Å²) in [6, 6.07) is 0. The van der Waals surface area contributed by atoms with Gasteiger partial charge in [-0.25, -0.2) is 4.79 Å². The monoisotopic (exact) mass is 228 g/mol. The van der Waals surface area contributed by atoms with E-state index in [1.807, 2.05) is 0 Å². The van der Waals surface area contributed by atoms with Gasteiger partial charge in [-0.2, -0.15) is 4.99 Å². The van der Waals surface area contributed by atoms with Crippen LogP contribution in [-0.2, 0) is 9.53 Å². The molecule has 0 aliphatic heterocycles. The lowest BCUT2D eigenvalue weighted by molar-refractivity contribution is -0.116. The number of carbonyl (C=O) groups is 2. The number of nitrogens with zero attached hydrogens (tertiary/aromatic N) is 1. The summed E-state index contributed by atoms with van der Waals surface area (Å²) in [5.41, 5.74) is 0.0590. The summed E-state index contributed by atoms with van der Waals surface area (Å²) >= 11 is 0. The van der Waals surface area contributed by atoms with Crippen molar-refractivity contribution in [2.24, 2.45) is 4.99 Å². The Hall–Kier alpha value is -1.23. The molecule has 0 aliphatic carbocycles. The van der Waals surface area contributed by atoms with Crippen molar-refractivity contribution in [3.63, 3.8) is 0 Å². The quantitative estimate of drug-likeness (QED) is 0.741. The van der Waals surface area contributed by atoms with Crippen LogP contribution in [0.3, 0.4) is 0 Å². The Morgan fingerprint density at radius 3 is 2.19 bits per heavy atom. The van der Waals surface area contributed by atoms with Crippen molar-refractivity contribution < 1.29 is 14.3 Å². The molecule has 0 fully saturated rings. The highest BCUT2D eigenvalue weighted by Crippen LogP contribution is 2.07. The lowest BCUT2D eigenvalue weighted by atomic mass is 10.2. The van der Waals surface area contributed by atoms with Gasteiger partial charge in [-0.1, -0.05) is 0 Å². The van der Waals surface area contributed by atoms with Crippen LogP contribution in [0, 0.1) is 0 Å². The molecule has 0 aromatic rings. The molecule has 0 aromatic heterocycles. The average molecular weight is 228 g/mol. The summed E-state index contributed by atoms with van der Waals surface area (Å²) in [6.07, 6.45) is -0.602. The lowest BCUT2D eigenvalue weighted by Gasteiger charge is -2.17. The standard InChI is InChI=1S/C11H20N2O3/c1-8(6-12-7-9(2)14)13-10(15)16-11(3,4)5/h12H,6-7H2,1-5H3. The molecule has 0 saturated carbocycles. The van der Waals surface area contributed by atoms with Crippen LogP contribution >= 0.6 is 0 Å². The van der Waals surface area contributed by atoms with E-state index < -0.39 is 11.7 Å². The van der Waals surface area contributed by atoms with E-state index in [0.29, 0.717) is 12.3 Å². The summed E-state index contributed by atoms with van der Waals surface area (Å²) < 4.78 is 5.01. The van der Waals surface area contributed by atoms with E-state index in [2.05, 4.69) is 10.3 Å². The molecule has 0 unspecified atom stereocenters. The summed E-state index contributed by atoms with van der Waals surface area (Å²) in [5, 5.41) is 2.86. The fraction of sp³-hybridized carbons (Fsp3) is 0.727. The zero-order valence-electron chi connectivity index (χ0n) is 10.6. The first-order chi connectivity index (χ1) is 7.20.